The lowest BCUT2D eigenvalue weighted by atomic mass is 9.72. The van der Waals surface area contributed by atoms with Gasteiger partial charge in [-0.15, -0.1) is 0 Å². The maximum absolute atomic E-state index is 14.6. The maximum Gasteiger partial charge on any atom is 0.127 e. The third kappa shape index (κ3) is 4.49. The number of halogens is 1. The fourth-order valence-corrected chi connectivity index (χ4v) is 4.57. The van der Waals surface area contributed by atoms with Crippen LogP contribution >= 0.6 is 0 Å². The van der Waals surface area contributed by atoms with Crippen molar-refractivity contribution < 1.29 is 4.39 Å². The molecule has 0 heterocycles. The van der Waals surface area contributed by atoms with Crippen molar-refractivity contribution in [2.75, 3.05) is 0 Å². The Hall–Kier alpha value is -1.11. The van der Waals surface area contributed by atoms with Gasteiger partial charge in [0.1, 0.15) is 5.82 Å². The molecule has 1 heteroatoms. The lowest BCUT2D eigenvalue weighted by Gasteiger charge is -2.33. The van der Waals surface area contributed by atoms with Gasteiger partial charge in [0.15, 0.2) is 0 Å². The second-order valence-corrected chi connectivity index (χ2v) is 7.98. The first kappa shape index (κ1) is 19.2. The molecule has 2 atom stereocenters. The third-order valence-corrected chi connectivity index (χ3v) is 6.40. The minimum absolute atomic E-state index is 0.0388. The highest BCUT2D eigenvalue weighted by atomic mass is 19.1. The third-order valence-electron chi connectivity index (χ3n) is 6.40. The highest BCUT2D eigenvalue weighted by Crippen LogP contribution is 2.39. The van der Waals surface area contributed by atoms with Crippen LogP contribution < -0.4 is 0 Å². The zero-order valence-corrected chi connectivity index (χ0v) is 16.2. The molecule has 24 heavy (non-hydrogen) atoms. The Kier molecular flexibility index (Phi) is 7.07. The summed E-state index contributed by atoms with van der Waals surface area (Å²) in [6.07, 6.45) is 10.0. The van der Waals surface area contributed by atoms with Crippen LogP contribution in [0.15, 0.2) is 24.3 Å². The van der Waals surface area contributed by atoms with E-state index in [1.165, 1.54) is 37.7 Å². The predicted octanol–water partition coefficient (Wildman–Crippen LogP) is 7.60. The molecule has 0 aromatic heterocycles. The minimum Gasteiger partial charge on any atom is -0.207 e. The van der Waals surface area contributed by atoms with E-state index in [0.29, 0.717) is 5.92 Å². The Balaban J connectivity index is 2.08. The van der Waals surface area contributed by atoms with Crippen LogP contribution in [0.1, 0.15) is 90.2 Å². The number of hydrogen-bond donors (Lipinski definition) is 0. The Morgan fingerprint density at radius 1 is 1.21 bits per heavy atom. The summed E-state index contributed by atoms with van der Waals surface area (Å²) in [4.78, 5) is 0. The fourth-order valence-electron chi connectivity index (χ4n) is 4.57. The Morgan fingerprint density at radius 2 is 1.88 bits per heavy atom. The molecule has 1 saturated carbocycles. The lowest BCUT2D eigenvalue weighted by molar-refractivity contribution is 0.198. The van der Waals surface area contributed by atoms with Gasteiger partial charge in [-0.05, 0) is 79.5 Å². The first-order valence-corrected chi connectivity index (χ1v) is 9.89. The van der Waals surface area contributed by atoms with Gasteiger partial charge in [0, 0.05) is 0 Å². The average molecular weight is 331 g/mol. The summed E-state index contributed by atoms with van der Waals surface area (Å²) < 4.78 is 14.6. The molecule has 1 aromatic rings. The van der Waals surface area contributed by atoms with E-state index in [9.17, 15) is 4.39 Å². The van der Waals surface area contributed by atoms with Gasteiger partial charge in [0.25, 0.3) is 0 Å². The summed E-state index contributed by atoms with van der Waals surface area (Å²) in [6, 6.07) is 5.53. The zero-order valence-electron chi connectivity index (χ0n) is 16.2. The highest BCUT2D eigenvalue weighted by molar-refractivity contribution is 5.67. The predicted molar refractivity (Wildman–Crippen MR) is 104 cm³/mol. The standard InChI is InChI=1S/C23H35F/c1-6-16(3)21-9-8-10-22(24)23(21)18(5)15-17(4)20-13-11-19(7-2)12-14-20/h6,8-10,17-20H,7,11-15H2,1-5H3/b16-6+. The molecule has 1 aliphatic carbocycles. The minimum atomic E-state index is -0.0388. The summed E-state index contributed by atoms with van der Waals surface area (Å²) in [7, 11) is 0. The Morgan fingerprint density at radius 3 is 2.46 bits per heavy atom. The number of hydrogen-bond acceptors (Lipinski definition) is 0. The summed E-state index contributed by atoms with van der Waals surface area (Å²) >= 11 is 0. The molecule has 0 aliphatic heterocycles. The molecular formula is C23H35F. The first-order valence-electron chi connectivity index (χ1n) is 9.89. The van der Waals surface area contributed by atoms with E-state index < -0.39 is 0 Å². The molecule has 2 unspecified atom stereocenters. The van der Waals surface area contributed by atoms with E-state index in [4.69, 9.17) is 0 Å². The normalized spacial score (nSPS) is 24.7. The van der Waals surface area contributed by atoms with Crippen molar-refractivity contribution in [3.8, 4) is 0 Å². The van der Waals surface area contributed by atoms with Crippen molar-refractivity contribution in [3.63, 3.8) is 0 Å². The van der Waals surface area contributed by atoms with E-state index in [1.54, 1.807) is 6.07 Å². The quantitative estimate of drug-likeness (QED) is 0.504. The molecule has 0 N–H and O–H groups in total. The van der Waals surface area contributed by atoms with E-state index in [2.05, 4.69) is 39.8 Å². The second-order valence-electron chi connectivity index (χ2n) is 7.98. The number of benzene rings is 1. The van der Waals surface area contributed by atoms with Crippen molar-refractivity contribution in [1.29, 1.82) is 0 Å². The molecule has 134 valence electrons. The van der Waals surface area contributed by atoms with Crippen molar-refractivity contribution in [1.82, 2.24) is 0 Å². The van der Waals surface area contributed by atoms with Crippen LogP contribution in [0.5, 0.6) is 0 Å². The molecule has 1 aliphatic rings. The van der Waals surface area contributed by atoms with Crippen molar-refractivity contribution in [2.24, 2.45) is 17.8 Å². The first-order chi connectivity index (χ1) is 11.5. The molecule has 0 amide bonds. The molecule has 1 aromatic carbocycles. The summed E-state index contributed by atoms with van der Waals surface area (Å²) in [5.74, 6) is 2.68. The average Bonchev–Trinajstić information content (AvgIpc) is 2.60. The van der Waals surface area contributed by atoms with Gasteiger partial charge in [-0.2, -0.15) is 0 Å². The van der Waals surface area contributed by atoms with Crippen LogP contribution in [0.3, 0.4) is 0 Å². The second kappa shape index (κ2) is 8.83. The topological polar surface area (TPSA) is 0 Å². The van der Waals surface area contributed by atoms with Crippen LogP contribution in [-0.4, -0.2) is 0 Å². The van der Waals surface area contributed by atoms with Crippen LogP contribution in [0, 0.1) is 23.6 Å². The van der Waals surface area contributed by atoms with Crippen LogP contribution in [0.2, 0.25) is 0 Å². The molecule has 1 fully saturated rings. The maximum atomic E-state index is 14.6. The molecule has 0 nitrogen and oxygen atoms in total. The smallest absolute Gasteiger partial charge is 0.127 e. The van der Waals surface area contributed by atoms with E-state index in [-0.39, 0.29) is 11.7 Å². The fraction of sp³-hybridized carbons (Fsp3) is 0.652. The SMILES string of the molecule is C/C=C(\C)c1cccc(F)c1C(C)CC(C)C1CCC(CC)CC1. The zero-order chi connectivity index (χ0) is 17.7. The van der Waals surface area contributed by atoms with Crippen LogP contribution in [0.4, 0.5) is 4.39 Å². The summed E-state index contributed by atoms with van der Waals surface area (Å²) in [5, 5.41) is 0. The molecule has 0 saturated heterocycles. The van der Waals surface area contributed by atoms with E-state index in [0.717, 1.165) is 29.4 Å². The van der Waals surface area contributed by atoms with Crippen LogP contribution in [0.25, 0.3) is 5.57 Å². The molecule has 2 rings (SSSR count). The van der Waals surface area contributed by atoms with Gasteiger partial charge < -0.3 is 0 Å². The van der Waals surface area contributed by atoms with E-state index in [1.807, 2.05) is 13.0 Å². The van der Waals surface area contributed by atoms with Gasteiger partial charge in [-0.1, -0.05) is 58.2 Å². The number of allylic oxidation sites excluding steroid dienone is 2. The van der Waals surface area contributed by atoms with Gasteiger partial charge in [0.2, 0.25) is 0 Å². The Bertz CT molecular complexity index is 549. The molecular weight excluding hydrogens is 295 g/mol. The van der Waals surface area contributed by atoms with Crippen molar-refractivity contribution in [2.45, 2.75) is 79.1 Å². The summed E-state index contributed by atoms with van der Waals surface area (Å²) in [6.45, 7) is 11.0. The van der Waals surface area contributed by atoms with Gasteiger partial charge in [0.05, 0.1) is 0 Å². The van der Waals surface area contributed by atoms with Gasteiger partial charge in [-0.25, -0.2) is 4.39 Å². The van der Waals surface area contributed by atoms with Gasteiger partial charge >= 0.3 is 0 Å². The highest BCUT2D eigenvalue weighted by Gasteiger charge is 2.27. The Labute approximate surface area is 148 Å². The monoisotopic (exact) mass is 330 g/mol. The number of rotatable bonds is 6. The van der Waals surface area contributed by atoms with Crippen molar-refractivity contribution >= 4 is 5.57 Å². The molecule has 0 spiro atoms. The van der Waals surface area contributed by atoms with Gasteiger partial charge in [-0.3, -0.25) is 0 Å². The van der Waals surface area contributed by atoms with Crippen LogP contribution in [-0.2, 0) is 0 Å². The molecule has 0 radical (unpaired) electrons. The van der Waals surface area contributed by atoms with E-state index >= 15 is 0 Å². The lowest BCUT2D eigenvalue weighted by Crippen LogP contribution is -2.21. The summed E-state index contributed by atoms with van der Waals surface area (Å²) in [5.41, 5.74) is 3.18. The largest absolute Gasteiger partial charge is 0.207 e. The molecule has 0 bridgehead atoms. The van der Waals surface area contributed by atoms with Crippen molar-refractivity contribution in [3.05, 3.63) is 41.2 Å².